The summed E-state index contributed by atoms with van der Waals surface area (Å²) in [6.45, 7) is 5.07. The van der Waals surface area contributed by atoms with Gasteiger partial charge >= 0.3 is 66.4 Å². The molecular weight excluding hydrogens is 451 g/mol. The number of halogens is 2. The fourth-order valence-electron chi connectivity index (χ4n) is 3.22. The van der Waals surface area contributed by atoms with E-state index in [0.29, 0.717) is 0 Å². The first-order valence-corrected chi connectivity index (χ1v) is 10.4. The van der Waals surface area contributed by atoms with E-state index in [1.807, 2.05) is 0 Å². The fourth-order valence-corrected chi connectivity index (χ4v) is 5.01. The maximum Gasteiger partial charge on any atom is 1.00 e. The van der Waals surface area contributed by atoms with Crippen molar-refractivity contribution in [1.82, 2.24) is 4.98 Å². The van der Waals surface area contributed by atoms with Gasteiger partial charge in [0.1, 0.15) is 20.2 Å². The van der Waals surface area contributed by atoms with E-state index < -0.39 is 43.6 Å². The zero-order valence-corrected chi connectivity index (χ0v) is 22.4. The third kappa shape index (κ3) is 6.12. The second-order valence-corrected chi connectivity index (χ2v) is 8.69. The van der Waals surface area contributed by atoms with Gasteiger partial charge in [-0.25, -0.2) is 16.8 Å². The van der Waals surface area contributed by atoms with Crippen LogP contribution in [0.4, 0.5) is 8.63 Å². The van der Waals surface area contributed by atoms with Crippen LogP contribution in [0.2, 0.25) is 6.32 Å². The largest absolute Gasteiger partial charge is 1.00 e. The average Bonchev–Trinajstić information content (AvgIpc) is 2.91. The van der Waals surface area contributed by atoms with Crippen molar-refractivity contribution in [1.29, 1.82) is 0 Å². The molecule has 0 radical (unpaired) electrons. The molecule has 1 aromatic heterocycles. The molecule has 29 heavy (non-hydrogen) atoms. The van der Waals surface area contributed by atoms with Gasteiger partial charge in [-0.1, -0.05) is 0 Å². The Bertz CT molecular complexity index is 1130. The number of H-pyrrole nitrogens is 1. The summed E-state index contributed by atoms with van der Waals surface area (Å²) >= 11 is 0. The van der Waals surface area contributed by atoms with Crippen molar-refractivity contribution in [3.8, 4) is 0 Å². The zero-order valence-electron chi connectivity index (χ0n) is 16.8. The molecule has 0 aliphatic carbocycles. The van der Waals surface area contributed by atoms with E-state index in [2.05, 4.69) is 9.98 Å². The third-order valence-electron chi connectivity index (χ3n) is 4.12. The van der Waals surface area contributed by atoms with E-state index in [1.165, 1.54) is 27.7 Å². The molecule has 0 aromatic carbocycles. The molecule has 1 aliphatic heterocycles. The van der Waals surface area contributed by atoms with Crippen LogP contribution >= 0.6 is 0 Å². The molecule has 0 amide bonds. The van der Waals surface area contributed by atoms with Crippen LogP contribution in [-0.4, -0.2) is 43.9 Å². The molecule has 0 saturated carbocycles. The van der Waals surface area contributed by atoms with Gasteiger partial charge in [-0.3, -0.25) is 13.6 Å². The number of aromatic amines is 1. The topological polar surface area (TPSA) is 143 Å². The van der Waals surface area contributed by atoms with Crippen LogP contribution in [0.25, 0.3) is 5.57 Å². The minimum atomic E-state index is -4.89. The molecule has 0 atom stereocenters. The zero-order chi connectivity index (χ0) is 20.9. The normalized spacial score (nSPS) is 16.2. The third-order valence-corrected chi connectivity index (χ3v) is 6.33. The number of aryl methyl sites for hydroxylation is 1. The van der Waals surface area contributed by atoms with Crippen molar-refractivity contribution < 1.29 is 93.7 Å². The Balaban J connectivity index is 0.00000392. The SMILES string of the molecule is CC1=NC(=C(CB(F)F)c2[nH]c(C)c(S(=O)(=O)[O-])c2C)C(C)=C1S(=O)(=O)[O-].[Na+].[Na+]. The van der Waals surface area contributed by atoms with E-state index in [9.17, 15) is 34.6 Å². The number of rotatable bonds is 5. The summed E-state index contributed by atoms with van der Waals surface area (Å²) in [6, 6.07) is 0. The van der Waals surface area contributed by atoms with Crippen LogP contribution in [0.15, 0.2) is 26.1 Å². The number of hydrogen-bond acceptors (Lipinski definition) is 7. The molecule has 0 fully saturated rings. The Kier molecular flexibility index (Phi) is 10.3. The average molecular weight is 466 g/mol. The van der Waals surface area contributed by atoms with Gasteiger partial charge in [0.15, 0.2) is 0 Å². The predicted octanol–water partition coefficient (Wildman–Crippen LogP) is -4.02. The standard InChI is InChI=1S/C14H17BF2N2O6S2.2Na/c1-6-11(18-8(3)13(6)26(20,21)22)10(5-15(16)17)12-7(2)14(9(4)19-12)27(23,24)25;;/h18H,5H2,1-4H3,(H,20,21,22)(H,23,24,25);;/q;2*+1/p-2. The first-order chi connectivity index (χ1) is 12.2. The molecule has 0 spiro atoms. The molecule has 1 N–H and O–H groups in total. The number of hydrogen-bond donors (Lipinski definition) is 1. The number of aliphatic imine (C=N–C) groups is 1. The molecule has 0 unspecified atom stereocenters. The van der Waals surface area contributed by atoms with Crippen LogP contribution < -0.4 is 59.1 Å². The van der Waals surface area contributed by atoms with Gasteiger partial charge in [0.05, 0.1) is 21.2 Å². The number of nitrogens with one attached hydrogen (secondary N) is 1. The van der Waals surface area contributed by atoms with Gasteiger partial charge in [-0.2, -0.15) is 0 Å². The van der Waals surface area contributed by atoms with Gasteiger partial charge in [-0.05, 0) is 38.8 Å². The molecule has 8 nitrogen and oxygen atoms in total. The van der Waals surface area contributed by atoms with E-state index in [-0.39, 0.29) is 98.6 Å². The molecular formula is C14H15BF2N2Na2O6S2. The molecule has 1 aliphatic rings. The van der Waals surface area contributed by atoms with E-state index >= 15 is 0 Å². The van der Waals surface area contributed by atoms with Crippen molar-refractivity contribution in [2.45, 2.75) is 38.9 Å². The minimum Gasteiger partial charge on any atom is -0.744 e. The van der Waals surface area contributed by atoms with Gasteiger partial charge < -0.3 is 14.1 Å². The Morgan fingerprint density at radius 3 is 1.90 bits per heavy atom. The molecule has 1 aromatic rings. The second kappa shape index (κ2) is 10.2. The first-order valence-electron chi connectivity index (χ1n) is 7.55. The van der Waals surface area contributed by atoms with Crippen molar-refractivity contribution >= 4 is 38.8 Å². The maximum atomic E-state index is 13.2. The summed E-state index contributed by atoms with van der Waals surface area (Å²) in [5.74, 6) is 0. The van der Waals surface area contributed by atoms with E-state index in [0.717, 1.165) is 0 Å². The van der Waals surface area contributed by atoms with Crippen molar-refractivity contribution in [3.05, 3.63) is 33.1 Å². The molecule has 0 saturated heterocycles. The first kappa shape index (κ1) is 29.2. The number of aromatic nitrogens is 1. The van der Waals surface area contributed by atoms with Crippen LogP contribution in [0.1, 0.15) is 30.8 Å². The molecule has 148 valence electrons. The predicted molar refractivity (Wildman–Crippen MR) is 93.4 cm³/mol. The van der Waals surface area contributed by atoms with Crippen molar-refractivity contribution in [3.63, 3.8) is 0 Å². The van der Waals surface area contributed by atoms with Crippen molar-refractivity contribution in [2.24, 2.45) is 4.99 Å². The Morgan fingerprint density at radius 1 is 1.03 bits per heavy atom. The van der Waals surface area contributed by atoms with Gasteiger partial charge in [-0.15, -0.1) is 0 Å². The summed E-state index contributed by atoms with van der Waals surface area (Å²) in [5.41, 5.74) is -0.806. The van der Waals surface area contributed by atoms with Crippen LogP contribution in [0, 0.1) is 13.8 Å². The van der Waals surface area contributed by atoms with Crippen molar-refractivity contribution in [2.75, 3.05) is 0 Å². The molecule has 15 heteroatoms. The molecule has 0 bridgehead atoms. The van der Waals surface area contributed by atoms with Gasteiger partial charge in [0.2, 0.25) is 0 Å². The summed E-state index contributed by atoms with van der Waals surface area (Å²) in [6.07, 6.45) is -0.894. The fraction of sp³-hybridized carbons (Fsp3) is 0.357. The summed E-state index contributed by atoms with van der Waals surface area (Å²) in [7, 11) is -12.6. The molecule has 2 rings (SSSR count). The van der Waals surface area contributed by atoms with Gasteiger partial charge in [0, 0.05) is 23.3 Å². The maximum absolute atomic E-state index is 13.2. The quantitative estimate of drug-likeness (QED) is 0.346. The van der Waals surface area contributed by atoms with Crippen LogP contribution in [-0.2, 0) is 20.2 Å². The number of nitrogens with zero attached hydrogens (tertiary/aromatic N) is 1. The Morgan fingerprint density at radius 2 is 1.55 bits per heavy atom. The second-order valence-electron chi connectivity index (χ2n) is 6.06. The molecule has 2 heterocycles. The summed E-state index contributed by atoms with van der Waals surface area (Å²) in [4.78, 5) is 5.38. The summed E-state index contributed by atoms with van der Waals surface area (Å²) in [5, 5.41) is 0. The monoisotopic (exact) mass is 466 g/mol. The van der Waals surface area contributed by atoms with E-state index in [4.69, 9.17) is 0 Å². The smallest absolute Gasteiger partial charge is 0.744 e. The van der Waals surface area contributed by atoms with Gasteiger partial charge in [0.25, 0.3) is 0 Å². The van der Waals surface area contributed by atoms with E-state index in [1.54, 1.807) is 0 Å². The summed E-state index contributed by atoms with van der Waals surface area (Å²) < 4.78 is 95.1. The Labute approximate surface area is 212 Å². The minimum absolute atomic E-state index is 0. The Hall–Kier alpha value is 0.175. The number of allylic oxidation sites excluding steroid dienone is 3. The van der Waals surface area contributed by atoms with Crippen LogP contribution in [0.5, 0.6) is 0 Å². The van der Waals surface area contributed by atoms with Crippen LogP contribution in [0.3, 0.4) is 0 Å².